The summed E-state index contributed by atoms with van der Waals surface area (Å²) in [6.45, 7) is 2.92. The lowest BCUT2D eigenvalue weighted by atomic mass is 10.2. The number of hydrogen-bond donors (Lipinski definition) is 1. The minimum Gasteiger partial charge on any atom is -0.494 e. The Morgan fingerprint density at radius 1 is 1.11 bits per heavy atom. The van der Waals surface area contributed by atoms with Crippen LogP contribution in [0.1, 0.15) is 12.0 Å². The molecule has 0 aliphatic heterocycles. The van der Waals surface area contributed by atoms with Crippen LogP contribution in [0.25, 0.3) is 0 Å². The summed E-state index contributed by atoms with van der Waals surface area (Å²) in [5.74, 6) is 0.435. The van der Waals surface area contributed by atoms with Crippen LogP contribution in [0, 0.1) is 6.92 Å². The minimum absolute atomic E-state index is 0.00334. The molecule has 0 heterocycles. The van der Waals surface area contributed by atoms with Crippen molar-refractivity contribution in [3.63, 3.8) is 0 Å². The van der Waals surface area contributed by atoms with Gasteiger partial charge in [0.2, 0.25) is 0 Å². The molecule has 5 nitrogen and oxygen atoms in total. The second-order valence-corrected chi connectivity index (χ2v) is 5.49. The zero-order valence-corrected chi connectivity index (χ0v) is 11.1. The molecule has 0 aromatic heterocycles. The van der Waals surface area contributed by atoms with Crippen molar-refractivity contribution in [2.75, 3.05) is 25.6 Å². The van der Waals surface area contributed by atoms with E-state index in [2.05, 4.69) is 0 Å². The van der Waals surface area contributed by atoms with Crippen molar-refractivity contribution in [3.05, 3.63) is 29.8 Å². The van der Waals surface area contributed by atoms with Crippen LogP contribution in [-0.4, -0.2) is 38.5 Å². The molecule has 1 N–H and O–H groups in total. The lowest BCUT2D eigenvalue weighted by molar-refractivity contribution is 0.131. The predicted molar refractivity (Wildman–Crippen MR) is 68.5 cm³/mol. The van der Waals surface area contributed by atoms with E-state index in [1.54, 1.807) is 0 Å². The summed E-state index contributed by atoms with van der Waals surface area (Å²) in [4.78, 5) is 0. The molecule has 0 amide bonds. The van der Waals surface area contributed by atoms with Gasteiger partial charge < -0.3 is 9.47 Å². The van der Waals surface area contributed by atoms with Crippen LogP contribution in [0.5, 0.6) is 5.75 Å². The van der Waals surface area contributed by atoms with Crippen molar-refractivity contribution in [1.29, 1.82) is 0 Å². The highest BCUT2D eigenvalue weighted by Gasteiger charge is 2.03. The zero-order valence-electron chi connectivity index (χ0n) is 10.3. The molecule has 0 aliphatic carbocycles. The Hall–Kier alpha value is -1.11. The van der Waals surface area contributed by atoms with Crippen LogP contribution in [0.4, 0.5) is 0 Å². The molecule has 102 valence electrons. The number of benzene rings is 1. The highest BCUT2D eigenvalue weighted by atomic mass is 32.2. The maximum atomic E-state index is 10.4. The molecule has 0 aliphatic rings. The van der Waals surface area contributed by atoms with E-state index in [1.807, 2.05) is 31.2 Å². The van der Waals surface area contributed by atoms with Gasteiger partial charge >= 0.3 is 0 Å². The molecule has 0 unspecified atom stereocenters. The third-order valence-corrected chi connectivity index (χ3v) is 2.89. The van der Waals surface area contributed by atoms with E-state index < -0.39 is 10.1 Å². The van der Waals surface area contributed by atoms with E-state index in [9.17, 15) is 8.42 Å². The van der Waals surface area contributed by atoms with Crippen LogP contribution < -0.4 is 4.74 Å². The molecule has 0 radical (unpaired) electrons. The molecule has 0 fully saturated rings. The van der Waals surface area contributed by atoms with Gasteiger partial charge in [0, 0.05) is 13.0 Å². The number of rotatable bonds is 8. The van der Waals surface area contributed by atoms with Crippen LogP contribution in [0.2, 0.25) is 0 Å². The quantitative estimate of drug-likeness (QED) is 0.576. The van der Waals surface area contributed by atoms with Gasteiger partial charge in [0.1, 0.15) is 5.75 Å². The summed E-state index contributed by atoms with van der Waals surface area (Å²) >= 11 is 0. The van der Waals surface area contributed by atoms with Gasteiger partial charge in [-0.3, -0.25) is 4.55 Å². The second kappa shape index (κ2) is 7.35. The normalized spacial score (nSPS) is 11.4. The highest BCUT2D eigenvalue weighted by Crippen LogP contribution is 2.11. The molecule has 0 bridgehead atoms. The van der Waals surface area contributed by atoms with Gasteiger partial charge in [-0.15, -0.1) is 0 Å². The van der Waals surface area contributed by atoms with Gasteiger partial charge in [-0.25, -0.2) is 0 Å². The van der Waals surface area contributed by atoms with Gasteiger partial charge in [0.05, 0.1) is 19.0 Å². The monoisotopic (exact) mass is 274 g/mol. The first-order chi connectivity index (χ1) is 8.47. The minimum atomic E-state index is -3.92. The van der Waals surface area contributed by atoms with Crippen molar-refractivity contribution in [1.82, 2.24) is 0 Å². The fourth-order valence-corrected chi connectivity index (χ4v) is 1.58. The van der Waals surface area contributed by atoms with Crippen molar-refractivity contribution in [2.45, 2.75) is 13.3 Å². The van der Waals surface area contributed by atoms with Crippen molar-refractivity contribution in [3.8, 4) is 5.75 Å². The van der Waals surface area contributed by atoms with E-state index in [1.165, 1.54) is 5.56 Å². The first-order valence-electron chi connectivity index (χ1n) is 5.70. The summed E-state index contributed by atoms with van der Waals surface area (Å²) in [6.07, 6.45) is 0.666. The van der Waals surface area contributed by atoms with Gasteiger partial charge in [-0.1, -0.05) is 17.7 Å². The molecule has 18 heavy (non-hydrogen) atoms. The molecule has 0 saturated heterocycles. The number of hydrogen-bond acceptors (Lipinski definition) is 4. The SMILES string of the molecule is Cc1ccc(OCCCOCCS(=O)(=O)O)cc1. The lowest BCUT2D eigenvalue weighted by Gasteiger charge is -2.06. The maximum absolute atomic E-state index is 10.4. The van der Waals surface area contributed by atoms with Crippen LogP contribution in [0.15, 0.2) is 24.3 Å². The maximum Gasteiger partial charge on any atom is 0.267 e. The Labute approximate surface area is 107 Å². The molecule has 0 atom stereocenters. The van der Waals surface area contributed by atoms with Gasteiger partial charge in [-0.05, 0) is 19.1 Å². The van der Waals surface area contributed by atoms with E-state index in [4.69, 9.17) is 14.0 Å². The zero-order chi connectivity index (χ0) is 13.4. The number of aryl methyl sites for hydroxylation is 1. The molecule has 0 saturated carbocycles. The van der Waals surface area contributed by atoms with Crippen molar-refractivity contribution >= 4 is 10.1 Å². The average Bonchev–Trinajstić information content (AvgIpc) is 2.29. The summed E-state index contributed by atoms with van der Waals surface area (Å²) in [5, 5.41) is 0. The predicted octanol–water partition coefficient (Wildman–Crippen LogP) is 1.67. The first-order valence-corrected chi connectivity index (χ1v) is 7.31. The third kappa shape index (κ3) is 7.26. The Morgan fingerprint density at radius 3 is 2.39 bits per heavy atom. The van der Waals surface area contributed by atoms with Crippen molar-refractivity contribution in [2.24, 2.45) is 0 Å². The smallest absolute Gasteiger partial charge is 0.267 e. The Morgan fingerprint density at radius 2 is 1.78 bits per heavy atom. The average molecular weight is 274 g/mol. The van der Waals surface area contributed by atoms with E-state index in [0.29, 0.717) is 19.6 Å². The summed E-state index contributed by atoms with van der Waals surface area (Å²) < 4.78 is 39.7. The second-order valence-electron chi connectivity index (χ2n) is 3.91. The molecule has 1 aromatic carbocycles. The van der Waals surface area contributed by atoms with Gasteiger partial charge in [0.25, 0.3) is 10.1 Å². The van der Waals surface area contributed by atoms with E-state index >= 15 is 0 Å². The van der Waals surface area contributed by atoms with Crippen molar-refractivity contribution < 1.29 is 22.4 Å². The van der Waals surface area contributed by atoms with Crippen LogP contribution in [-0.2, 0) is 14.9 Å². The molecule has 1 aromatic rings. The molecule has 6 heteroatoms. The summed E-state index contributed by atoms with van der Waals surface area (Å²) in [6, 6.07) is 7.74. The molecular formula is C12H18O5S. The number of ether oxygens (including phenoxy) is 2. The largest absolute Gasteiger partial charge is 0.494 e. The lowest BCUT2D eigenvalue weighted by Crippen LogP contribution is -2.12. The standard InChI is InChI=1S/C12H18O5S/c1-11-3-5-12(6-4-11)17-8-2-7-16-9-10-18(13,14)15/h3-6H,2,7-10H2,1H3,(H,13,14,15). The Bertz CT molecular complexity index is 438. The van der Waals surface area contributed by atoms with Gasteiger partial charge in [0.15, 0.2) is 0 Å². The summed E-state index contributed by atoms with van der Waals surface area (Å²) in [7, 11) is -3.92. The topological polar surface area (TPSA) is 72.8 Å². The van der Waals surface area contributed by atoms with Crippen LogP contribution >= 0.6 is 0 Å². The highest BCUT2D eigenvalue weighted by molar-refractivity contribution is 7.85. The van der Waals surface area contributed by atoms with Gasteiger partial charge in [-0.2, -0.15) is 8.42 Å². The Balaban J connectivity index is 2.04. The van der Waals surface area contributed by atoms with E-state index in [-0.39, 0.29) is 12.4 Å². The molecular weight excluding hydrogens is 256 g/mol. The van der Waals surface area contributed by atoms with E-state index in [0.717, 1.165) is 5.75 Å². The summed E-state index contributed by atoms with van der Waals surface area (Å²) in [5.41, 5.74) is 1.18. The third-order valence-electron chi connectivity index (χ3n) is 2.21. The molecule has 0 spiro atoms. The van der Waals surface area contributed by atoms with Crippen LogP contribution in [0.3, 0.4) is 0 Å². The fourth-order valence-electron chi connectivity index (χ4n) is 1.25. The fraction of sp³-hybridized carbons (Fsp3) is 0.500. The first kappa shape index (κ1) is 14.9. The molecule has 1 rings (SSSR count). The Kier molecular flexibility index (Phi) is 6.11.